The van der Waals surface area contributed by atoms with Gasteiger partial charge in [0, 0.05) is 28.8 Å². The van der Waals surface area contributed by atoms with E-state index < -0.39 is 0 Å². The Morgan fingerprint density at radius 3 is 2.83 bits per heavy atom. The van der Waals surface area contributed by atoms with Crippen LogP contribution in [0.4, 0.5) is 0 Å². The van der Waals surface area contributed by atoms with Crippen molar-refractivity contribution in [1.29, 1.82) is 0 Å². The lowest BCUT2D eigenvalue weighted by molar-refractivity contribution is 0.102. The Kier molecular flexibility index (Phi) is 5.99. The fourth-order valence-corrected chi connectivity index (χ4v) is 5.09. The maximum atomic E-state index is 13.2. The largest absolute Gasteiger partial charge is 0.497 e. The number of ketones is 1. The van der Waals surface area contributed by atoms with E-state index in [0.29, 0.717) is 32.1 Å². The number of Topliss-reactive ketones (excluding diaryl/α,β-unsaturated/α-hetero) is 1. The molecule has 0 aliphatic carbocycles. The minimum Gasteiger partial charge on any atom is -0.497 e. The molecular formula is C21H17ClN2O3S2. The summed E-state index contributed by atoms with van der Waals surface area (Å²) >= 11 is 8.69. The van der Waals surface area contributed by atoms with E-state index in [0.717, 1.165) is 17.9 Å². The molecule has 0 saturated heterocycles. The SMILES string of the molecule is COc1cccc(-n2c(SCC(=O)c3ccc(Cl)cc3)nc3c(c2=O)SCC3)c1. The number of methoxy groups -OCH3 is 1. The summed E-state index contributed by atoms with van der Waals surface area (Å²) in [6.07, 6.45) is 0.757. The van der Waals surface area contributed by atoms with Gasteiger partial charge < -0.3 is 4.74 Å². The number of carbonyl (C=O) groups is 1. The van der Waals surface area contributed by atoms with Crippen LogP contribution < -0.4 is 10.3 Å². The highest BCUT2D eigenvalue weighted by molar-refractivity contribution is 8.00. The predicted molar refractivity (Wildman–Crippen MR) is 117 cm³/mol. The lowest BCUT2D eigenvalue weighted by atomic mass is 10.1. The van der Waals surface area contributed by atoms with Crippen LogP contribution in [-0.2, 0) is 6.42 Å². The third-order valence-electron chi connectivity index (χ3n) is 4.48. The van der Waals surface area contributed by atoms with Crippen LogP contribution in [0.2, 0.25) is 5.02 Å². The molecule has 0 bridgehead atoms. The number of aromatic nitrogens is 2. The molecule has 0 fully saturated rings. The van der Waals surface area contributed by atoms with Crippen LogP contribution in [0.5, 0.6) is 5.75 Å². The predicted octanol–water partition coefficient (Wildman–Crippen LogP) is 4.52. The second kappa shape index (κ2) is 8.65. The summed E-state index contributed by atoms with van der Waals surface area (Å²) in [5.74, 6) is 1.61. The summed E-state index contributed by atoms with van der Waals surface area (Å²) in [5, 5.41) is 1.09. The molecule has 1 aromatic heterocycles. The Bertz CT molecular complexity index is 1130. The van der Waals surface area contributed by atoms with Gasteiger partial charge in [-0.2, -0.15) is 0 Å². The van der Waals surface area contributed by atoms with E-state index in [9.17, 15) is 9.59 Å². The van der Waals surface area contributed by atoms with Crippen LogP contribution in [0.25, 0.3) is 5.69 Å². The van der Waals surface area contributed by atoms with Gasteiger partial charge in [0.25, 0.3) is 5.56 Å². The smallest absolute Gasteiger partial charge is 0.272 e. The molecule has 0 saturated carbocycles. The highest BCUT2D eigenvalue weighted by Crippen LogP contribution is 2.30. The van der Waals surface area contributed by atoms with E-state index in [1.807, 2.05) is 18.2 Å². The van der Waals surface area contributed by atoms with Gasteiger partial charge in [-0.05, 0) is 36.4 Å². The number of ether oxygens (including phenoxy) is 1. The van der Waals surface area contributed by atoms with Crippen molar-refractivity contribution in [3.8, 4) is 11.4 Å². The Morgan fingerprint density at radius 2 is 2.07 bits per heavy atom. The van der Waals surface area contributed by atoms with Crippen molar-refractivity contribution in [3.63, 3.8) is 0 Å². The second-order valence-corrected chi connectivity index (χ2v) is 8.81. The molecule has 8 heteroatoms. The number of hydrogen-bond acceptors (Lipinski definition) is 6. The van der Waals surface area contributed by atoms with Gasteiger partial charge >= 0.3 is 0 Å². The quantitative estimate of drug-likeness (QED) is 0.316. The molecule has 0 N–H and O–H groups in total. The van der Waals surface area contributed by atoms with Gasteiger partial charge in [0.2, 0.25) is 0 Å². The number of hydrogen-bond donors (Lipinski definition) is 0. The summed E-state index contributed by atoms with van der Waals surface area (Å²) < 4.78 is 6.87. The first kappa shape index (κ1) is 20.1. The number of carbonyl (C=O) groups excluding carboxylic acids is 1. The molecule has 0 unspecified atom stereocenters. The molecule has 0 amide bonds. The van der Waals surface area contributed by atoms with E-state index in [1.165, 1.54) is 23.5 Å². The topological polar surface area (TPSA) is 61.2 Å². The Balaban J connectivity index is 1.70. The zero-order chi connectivity index (χ0) is 20.4. The fraction of sp³-hybridized carbons (Fsp3) is 0.190. The van der Waals surface area contributed by atoms with E-state index in [2.05, 4.69) is 0 Å². The molecule has 148 valence electrons. The van der Waals surface area contributed by atoms with Crippen molar-refractivity contribution in [3.05, 3.63) is 75.2 Å². The summed E-state index contributed by atoms with van der Waals surface area (Å²) in [7, 11) is 1.58. The number of benzene rings is 2. The van der Waals surface area contributed by atoms with Crippen LogP contribution in [0, 0.1) is 0 Å². The Hall–Kier alpha value is -2.22. The molecule has 0 atom stereocenters. The Labute approximate surface area is 181 Å². The molecule has 0 spiro atoms. The Morgan fingerprint density at radius 1 is 1.28 bits per heavy atom. The molecule has 1 aliphatic rings. The van der Waals surface area contributed by atoms with Crippen molar-refractivity contribution in [1.82, 2.24) is 9.55 Å². The number of thioether (sulfide) groups is 2. The fourth-order valence-electron chi connectivity index (χ4n) is 3.02. The van der Waals surface area contributed by atoms with Gasteiger partial charge in [-0.3, -0.25) is 14.2 Å². The van der Waals surface area contributed by atoms with Crippen molar-refractivity contribution < 1.29 is 9.53 Å². The van der Waals surface area contributed by atoms with Crippen molar-refractivity contribution >= 4 is 40.9 Å². The van der Waals surface area contributed by atoms with Gasteiger partial charge in [-0.25, -0.2) is 4.98 Å². The zero-order valence-electron chi connectivity index (χ0n) is 15.6. The second-order valence-electron chi connectivity index (χ2n) is 6.33. The lowest BCUT2D eigenvalue weighted by Gasteiger charge is -2.14. The highest BCUT2D eigenvalue weighted by Gasteiger charge is 2.23. The minimum atomic E-state index is -0.104. The van der Waals surface area contributed by atoms with Crippen LogP contribution in [0.15, 0.2) is 63.4 Å². The van der Waals surface area contributed by atoms with Crippen LogP contribution in [0.3, 0.4) is 0 Å². The summed E-state index contributed by atoms with van der Waals surface area (Å²) in [5.41, 5.74) is 1.94. The van der Waals surface area contributed by atoms with Gasteiger partial charge in [-0.15, -0.1) is 11.8 Å². The number of fused-ring (bicyclic) bond motifs is 1. The van der Waals surface area contributed by atoms with Crippen LogP contribution >= 0.6 is 35.1 Å². The van der Waals surface area contributed by atoms with E-state index in [1.54, 1.807) is 42.0 Å². The van der Waals surface area contributed by atoms with E-state index in [4.69, 9.17) is 21.3 Å². The number of aryl methyl sites for hydroxylation is 1. The summed E-state index contributed by atoms with van der Waals surface area (Å²) in [6, 6.07) is 14.1. The van der Waals surface area contributed by atoms with E-state index in [-0.39, 0.29) is 17.1 Å². The van der Waals surface area contributed by atoms with Gasteiger partial charge in [0.15, 0.2) is 10.9 Å². The molecule has 0 radical (unpaired) electrons. The normalized spacial score (nSPS) is 12.6. The van der Waals surface area contributed by atoms with Crippen molar-refractivity contribution in [2.75, 3.05) is 18.6 Å². The van der Waals surface area contributed by atoms with Gasteiger partial charge in [0.1, 0.15) is 5.75 Å². The average molecular weight is 445 g/mol. The standard InChI is InChI=1S/C21H17ClN2O3S2/c1-27-16-4-2-3-15(11-16)24-20(26)19-17(9-10-28-19)23-21(24)29-12-18(25)13-5-7-14(22)8-6-13/h2-8,11H,9-10,12H2,1H3. The van der Waals surface area contributed by atoms with Crippen LogP contribution in [0.1, 0.15) is 16.1 Å². The molecular weight excluding hydrogens is 428 g/mol. The third-order valence-corrected chi connectivity index (χ3v) is 6.77. The zero-order valence-corrected chi connectivity index (χ0v) is 17.9. The van der Waals surface area contributed by atoms with E-state index >= 15 is 0 Å². The minimum absolute atomic E-state index is 0.0482. The maximum absolute atomic E-state index is 13.2. The molecule has 5 nitrogen and oxygen atoms in total. The highest BCUT2D eigenvalue weighted by atomic mass is 35.5. The molecule has 29 heavy (non-hydrogen) atoms. The first-order valence-corrected chi connectivity index (χ1v) is 11.3. The lowest BCUT2D eigenvalue weighted by Crippen LogP contribution is -2.24. The maximum Gasteiger partial charge on any atom is 0.272 e. The molecule has 1 aliphatic heterocycles. The number of nitrogens with zero attached hydrogens (tertiary/aromatic N) is 2. The third kappa shape index (κ3) is 4.22. The first-order chi connectivity index (χ1) is 14.1. The summed E-state index contributed by atoms with van der Waals surface area (Å²) in [4.78, 5) is 31.2. The number of halogens is 1. The molecule has 3 aromatic rings. The number of rotatable bonds is 6. The van der Waals surface area contributed by atoms with Crippen molar-refractivity contribution in [2.24, 2.45) is 0 Å². The van der Waals surface area contributed by atoms with Crippen molar-refractivity contribution in [2.45, 2.75) is 16.5 Å². The molecule has 2 aromatic carbocycles. The average Bonchev–Trinajstić information content (AvgIpc) is 3.21. The monoisotopic (exact) mass is 444 g/mol. The molecule has 2 heterocycles. The van der Waals surface area contributed by atoms with Crippen LogP contribution in [-0.4, -0.2) is 33.9 Å². The first-order valence-electron chi connectivity index (χ1n) is 8.91. The van der Waals surface area contributed by atoms with Gasteiger partial charge in [0.05, 0.1) is 29.1 Å². The summed E-state index contributed by atoms with van der Waals surface area (Å²) in [6.45, 7) is 0. The molecule has 4 rings (SSSR count). The van der Waals surface area contributed by atoms with Gasteiger partial charge in [-0.1, -0.05) is 29.4 Å².